The van der Waals surface area contributed by atoms with Crippen LogP contribution in [-0.4, -0.2) is 67.1 Å². The van der Waals surface area contributed by atoms with Crippen LogP contribution >= 0.6 is 0 Å². The molecule has 0 aromatic rings. The number of hydrogen-bond donors (Lipinski definition) is 2. The highest BCUT2D eigenvalue weighted by molar-refractivity contribution is 7.91. The predicted molar refractivity (Wildman–Crippen MR) is 76.0 cm³/mol. The topological polar surface area (TPSA) is 86.7 Å². The lowest BCUT2D eigenvalue weighted by Gasteiger charge is -2.25. The maximum atomic E-state index is 12.0. The van der Waals surface area contributed by atoms with Crippen LogP contribution in [-0.2, 0) is 14.6 Å². The van der Waals surface area contributed by atoms with Crippen LogP contribution in [0.4, 0.5) is 0 Å². The number of nitrogens with zero attached hydrogens (tertiary/aromatic N) is 1. The Kier molecular flexibility index (Phi) is 4.41. The molecule has 0 radical (unpaired) electrons. The van der Waals surface area contributed by atoms with Gasteiger partial charge in [0.15, 0.2) is 9.84 Å². The van der Waals surface area contributed by atoms with Crippen molar-refractivity contribution in [2.24, 2.45) is 5.92 Å². The first-order chi connectivity index (χ1) is 9.19. The van der Waals surface area contributed by atoms with Gasteiger partial charge in [-0.05, 0) is 39.2 Å². The van der Waals surface area contributed by atoms with E-state index in [-0.39, 0.29) is 36.0 Å². The molecule has 2 N–H and O–H groups in total. The Morgan fingerprint density at radius 3 is 2.75 bits per heavy atom. The lowest BCUT2D eigenvalue weighted by molar-refractivity contribution is -0.123. The van der Waals surface area contributed by atoms with Gasteiger partial charge < -0.3 is 10.4 Å². The maximum absolute atomic E-state index is 12.0. The summed E-state index contributed by atoms with van der Waals surface area (Å²) < 4.78 is 23.0. The second-order valence-electron chi connectivity index (χ2n) is 6.48. The summed E-state index contributed by atoms with van der Waals surface area (Å²) in [7, 11) is -3.01. The van der Waals surface area contributed by atoms with E-state index in [1.807, 2.05) is 4.90 Å². The summed E-state index contributed by atoms with van der Waals surface area (Å²) in [5.74, 6) is 0.278. The Labute approximate surface area is 120 Å². The van der Waals surface area contributed by atoms with Gasteiger partial charge in [-0.25, -0.2) is 8.42 Å². The fourth-order valence-electron chi connectivity index (χ4n) is 3.09. The van der Waals surface area contributed by atoms with E-state index >= 15 is 0 Å². The van der Waals surface area contributed by atoms with Gasteiger partial charge in [-0.15, -0.1) is 0 Å². The maximum Gasteiger partial charge on any atom is 0.234 e. The quantitative estimate of drug-likeness (QED) is 0.723. The van der Waals surface area contributed by atoms with E-state index in [1.165, 1.54) is 0 Å². The Morgan fingerprint density at radius 2 is 2.25 bits per heavy atom. The summed E-state index contributed by atoms with van der Waals surface area (Å²) in [5.41, 5.74) is -0.626. The van der Waals surface area contributed by atoms with Crippen LogP contribution in [0, 0.1) is 5.92 Å². The van der Waals surface area contributed by atoms with Gasteiger partial charge in [0.1, 0.15) is 0 Å². The van der Waals surface area contributed by atoms with E-state index in [9.17, 15) is 18.3 Å². The molecule has 6 nitrogen and oxygen atoms in total. The molecule has 1 amide bonds. The van der Waals surface area contributed by atoms with Crippen LogP contribution in [0.1, 0.15) is 26.7 Å². The molecule has 3 unspecified atom stereocenters. The van der Waals surface area contributed by atoms with E-state index in [2.05, 4.69) is 5.32 Å². The second-order valence-corrected chi connectivity index (χ2v) is 8.66. The minimum atomic E-state index is -3.01. The van der Waals surface area contributed by atoms with E-state index in [1.54, 1.807) is 13.8 Å². The number of carbonyl (C=O) groups excluding carboxylic acids is 1. The molecule has 7 heteroatoms. The molecule has 2 fully saturated rings. The number of hydrogen-bond acceptors (Lipinski definition) is 5. The third-order valence-electron chi connectivity index (χ3n) is 4.30. The van der Waals surface area contributed by atoms with Crippen molar-refractivity contribution in [1.29, 1.82) is 0 Å². The SMILES string of the molecule is CC(O)C1CCN(CC(=O)NC2(C)CCS(=O)(=O)C2)C1. The molecular weight excluding hydrogens is 280 g/mol. The van der Waals surface area contributed by atoms with Crippen molar-refractivity contribution in [2.75, 3.05) is 31.1 Å². The number of nitrogens with one attached hydrogen (secondary N) is 1. The fraction of sp³-hybridized carbons (Fsp3) is 0.923. The molecule has 0 bridgehead atoms. The van der Waals surface area contributed by atoms with Crippen molar-refractivity contribution < 1.29 is 18.3 Å². The normalized spacial score (nSPS) is 35.0. The smallest absolute Gasteiger partial charge is 0.234 e. The van der Waals surface area contributed by atoms with Gasteiger partial charge in [-0.2, -0.15) is 0 Å². The van der Waals surface area contributed by atoms with Crippen LogP contribution < -0.4 is 5.32 Å². The number of sulfone groups is 1. The van der Waals surface area contributed by atoms with Gasteiger partial charge in [-0.1, -0.05) is 0 Å². The first kappa shape index (κ1) is 15.7. The van der Waals surface area contributed by atoms with E-state index < -0.39 is 15.4 Å². The Balaban J connectivity index is 1.82. The van der Waals surface area contributed by atoms with Gasteiger partial charge in [0.2, 0.25) is 5.91 Å². The molecule has 0 saturated carbocycles. The molecular formula is C13H24N2O4S. The highest BCUT2D eigenvalue weighted by Gasteiger charge is 2.39. The monoisotopic (exact) mass is 304 g/mol. The fourth-order valence-corrected chi connectivity index (χ4v) is 5.18. The lowest BCUT2D eigenvalue weighted by atomic mass is 10.0. The molecule has 2 saturated heterocycles. The van der Waals surface area contributed by atoms with Gasteiger partial charge in [0.05, 0.1) is 29.7 Å². The summed E-state index contributed by atoms with van der Waals surface area (Å²) in [4.78, 5) is 14.1. The van der Waals surface area contributed by atoms with Gasteiger partial charge in [0, 0.05) is 6.54 Å². The Bertz CT molecular complexity index is 477. The third kappa shape index (κ3) is 3.93. The third-order valence-corrected chi connectivity index (χ3v) is 6.21. The largest absolute Gasteiger partial charge is 0.393 e. The van der Waals surface area contributed by atoms with Crippen LogP contribution in [0.3, 0.4) is 0 Å². The zero-order valence-corrected chi connectivity index (χ0v) is 12.9. The van der Waals surface area contributed by atoms with Gasteiger partial charge >= 0.3 is 0 Å². The minimum absolute atomic E-state index is 0.0298. The summed E-state index contributed by atoms with van der Waals surface area (Å²) in [5, 5.41) is 12.4. The molecule has 2 rings (SSSR count). The zero-order chi connectivity index (χ0) is 15.0. The second kappa shape index (κ2) is 5.61. The summed E-state index contributed by atoms with van der Waals surface area (Å²) in [6, 6.07) is 0. The van der Waals surface area contributed by atoms with Crippen LogP contribution in [0.15, 0.2) is 0 Å². The number of aliphatic hydroxyl groups excluding tert-OH is 1. The molecule has 2 heterocycles. The molecule has 2 aliphatic heterocycles. The van der Waals surface area contributed by atoms with Crippen LogP contribution in [0.5, 0.6) is 0 Å². The first-order valence-electron chi connectivity index (χ1n) is 7.11. The molecule has 3 atom stereocenters. The average molecular weight is 304 g/mol. The van der Waals surface area contributed by atoms with Crippen molar-refractivity contribution in [2.45, 2.75) is 38.3 Å². The number of rotatable bonds is 4. The van der Waals surface area contributed by atoms with Gasteiger partial charge in [0.25, 0.3) is 0 Å². The van der Waals surface area contributed by atoms with Crippen molar-refractivity contribution in [3.05, 3.63) is 0 Å². The first-order valence-corrected chi connectivity index (χ1v) is 8.93. The van der Waals surface area contributed by atoms with Crippen LogP contribution in [0.25, 0.3) is 0 Å². The number of carbonyl (C=O) groups is 1. The molecule has 116 valence electrons. The van der Waals surface area contributed by atoms with Crippen molar-refractivity contribution in [3.8, 4) is 0 Å². The molecule has 0 aromatic carbocycles. The standard InChI is InChI=1S/C13H24N2O4S/c1-10(16)11-3-5-15(7-11)8-12(17)14-13(2)4-6-20(18,19)9-13/h10-11,16H,3-9H2,1-2H3,(H,14,17). The average Bonchev–Trinajstić information content (AvgIpc) is 2.83. The molecule has 0 spiro atoms. The Hall–Kier alpha value is -0.660. The van der Waals surface area contributed by atoms with Gasteiger partial charge in [-0.3, -0.25) is 9.69 Å². The lowest BCUT2D eigenvalue weighted by Crippen LogP contribution is -2.50. The summed E-state index contributed by atoms with van der Waals surface area (Å²) in [6.07, 6.45) is 1.04. The molecule has 0 aliphatic carbocycles. The Morgan fingerprint density at radius 1 is 1.55 bits per heavy atom. The highest BCUT2D eigenvalue weighted by Crippen LogP contribution is 2.23. The van der Waals surface area contributed by atoms with Crippen molar-refractivity contribution >= 4 is 15.7 Å². The number of amides is 1. The predicted octanol–water partition coefficient (Wildman–Crippen LogP) is -0.617. The molecule has 20 heavy (non-hydrogen) atoms. The van der Waals surface area contributed by atoms with E-state index in [4.69, 9.17) is 0 Å². The number of likely N-dealkylation sites (tertiary alicyclic amines) is 1. The molecule has 2 aliphatic rings. The van der Waals surface area contributed by atoms with E-state index in [0.29, 0.717) is 6.42 Å². The zero-order valence-electron chi connectivity index (χ0n) is 12.1. The molecule has 0 aromatic heterocycles. The highest BCUT2D eigenvalue weighted by atomic mass is 32.2. The number of aliphatic hydroxyl groups is 1. The van der Waals surface area contributed by atoms with Crippen molar-refractivity contribution in [1.82, 2.24) is 10.2 Å². The van der Waals surface area contributed by atoms with E-state index in [0.717, 1.165) is 19.5 Å². The van der Waals surface area contributed by atoms with Crippen molar-refractivity contribution in [3.63, 3.8) is 0 Å². The summed E-state index contributed by atoms with van der Waals surface area (Å²) >= 11 is 0. The summed E-state index contributed by atoms with van der Waals surface area (Å²) in [6.45, 7) is 5.37. The van der Waals surface area contributed by atoms with Crippen LogP contribution in [0.2, 0.25) is 0 Å². The minimum Gasteiger partial charge on any atom is -0.393 e.